The van der Waals surface area contributed by atoms with Gasteiger partial charge in [-0.3, -0.25) is 4.90 Å². The highest BCUT2D eigenvalue weighted by Gasteiger charge is 2.43. The number of benzene rings is 2. The van der Waals surface area contributed by atoms with Gasteiger partial charge in [-0.1, -0.05) is 49.4 Å². The van der Waals surface area contributed by atoms with E-state index in [1.54, 1.807) is 7.11 Å². The van der Waals surface area contributed by atoms with Gasteiger partial charge in [0.05, 0.1) is 18.8 Å². The minimum atomic E-state index is 0.00199. The Bertz CT molecular complexity index is 754. The molecule has 2 fully saturated rings. The number of hydrogen-bond donors (Lipinski definition) is 1. The Morgan fingerprint density at radius 3 is 2.45 bits per heavy atom. The fraction of sp³-hybridized carbons (Fsp3) is 0.520. The minimum Gasteiger partial charge on any atom is -0.497 e. The van der Waals surface area contributed by atoms with Crippen molar-refractivity contribution in [2.24, 2.45) is 0 Å². The number of piperidine rings is 1. The average molecular weight is 395 g/mol. The van der Waals surface area contributed by atoms with E-state index in [2.05, 4.69) is 71.7 Å². The monoisotopic (exact) mass is 394 g/mol. The molecule has 0 unspecified atom stereocenters. The van der Waals surface area contributed by atoms with E-state index in [0.29, 0.717) is 6.04 Å². The third kappa shape index (κ3) is 5.00. The van der Waals surface area contributed by atoms with Gasteiger partial charge in [0, 0.05) is 25.7 Å². The summed E-state index contributed by atoms with van der Waals surface area (Å²) in [5, 5.41) is 3.71. The van der Waals surface area contributed by atoms with Crippen LogP contribution in [0, 0.1) is 0 Å². The Morgan fingerprint density at radius 1 is 1.07 bits per heavy atom. The number of ether oxygens (including phenoxy) is 2. The third-order valence-electron chi connectivity index (χ3n) is 6.51. The first kappa shape index (κ1) is 20.4. The highest BCUT2D eigenvalue weighted by Crippen LogP contribution is 2.43. The van der Waals surface area contributed by atoms with Crippen molar-refractivity contribution in [3.05, 3.63) is 65.7 Å². The number of likely N-dealkylation sites (tertiary alicyclic amines) is 1. The summed E-state index contributed by atoms with van der Waals surface area (Å²) in [6.45, 7) is 6.40. The van der Waals surface area contributed by atoms with Crippen LogP contribution in [0.5, 0.6) is 5.75 Å². The zero-order chi connectivity index (χ0) is 20.1. The topological polar surface area (TPSA) is 33.7 Å². The molecule has 4 nitrogen and oxygen atoms in total. The summed E-state index contributed by atoms with van der Waals surface area (Å²) in [5.41, 5.74) is 2.66. The second-order valence-corrected chi connectivity index (χ2v) is 8.52. The maximum atomic E-state index is 6.82. The van der Waals surface area contributed by atoms with Crippen LogP contribution in [0.2, 0.25) is 0 Å². The maximum Gasteiger partial charge on any atom is 0.118 e. The summed E-state index contributed by atoms with van der Waals surface area (Å²) in [4.78, 5) is 2.56. The van der Waals surface area contributed by atoms with Crippen molar-refractivity contribution in [1.82, 2.24) is 10.2 Å². The van der Waals surface area contributed by atoms with Crippen LogP contribution in [0.15, 0.2) is 54.6 Å². The van der Waals surface area contributed by atoms with Gasteiger partial charge in [0.25, 0.3) is 0 Å². The Morgan fingerprint density at radius 2 is 1.79 bits per heavy atom. The van der Waals surface area contributed by atoms with Crippen molar-refractivity contribution in [2.45, 2.75) is 56.9 Å². The van der Waals surface area contributed by atoms with Crippen LogP contribution in [0.3, 0.4) is 0 Å². The van der Waals surface area contributed by atoms with Crippen molar-refractivity contribution < 1.29 is 9.47 Å². The Hall–Kier alpha value is -1.88. The van der Waals surface area contributed by atoms with Crippen LogP contribution in [0.1, 0.15) is 49.8 Å². The summed E-state index contributed by atoms with van der Waals surface area (Å²) in [7, 11) is 1.71. The Labute approximate surface area is 175 Å². The van der Waals surface area contributed by atoms with Crippen molar-refractivity contribution in [3.8, 4) is 5.75 Å². The van der Waals surface area contributed by atoms with Crippen molar-refractivity contribution in [3.63, 3.8) is 0 Å². The Kier molecular flexibility index (Phi) is 6.53. The SMILES string of the molecule is CCN[C@H]1C[C@@H](c2ccccc2)OC2(CCN(Cc3ccc(OC)cc3)CC2)C1. The lowest BCUT2D eigenvalue weighted by molar-refractivity contribution is -0.164. The lowest BCUT2D eigenvalue weighted by Crippen LogP contribution is -2.53. The van der Waals surface area contributed by atoms with E-state index in [1.165, 1.54) is 11.1 Å². The van der Waals surface area contributed by atoms with Gasteiger partial charge in [-0.2, -0.15) is 0 Å². The number of hydrogen-bond acceptors (Lipinski definition) is 4. The molecule has 1 spiro atoms. The summed E-state index contributed by atoms with van der Waals surface area (Å²) >= 11 is 0. The molecule has 2 heterocycles. The van der Waals surface area contributed by atoms with Crippen LogP contribution < -0.4 is 10.1 Å². The molecule has 0 saturated carbocycles. The Balaban J connectivity index is 1.40. The molecule has 0 aromatic heterocycles. The van der Waals surface area contributed by atoms with Gasteiger partial charge in [0.1, 0.15) is 5.75 Å². The van der Waals surface area contributed by atoms with Crippen molar-refractivity contribution in [2.75, 3.05) is 26.7 Å². The van der Waals surface area contributed by atoms with Crippen LogP contribution in [-0.2, 0) is 11.3 Å². The first-order valence-electron chi connectivity index (χ1n) is 11.0. The van der Waals surface area contributed by atoms with Crippen molar-refractivity contribution >= 4 is 0 Å². The molecular weight excluding hydrogens is 360 g/mol. The summed E-state index contributed by atoms with van der Waals surface area (Å²) in [6.07, 6.45) is 4.60. The van der Waals surface area contributed by atoms with Crippen molar-refractivity contribution in [1.29, 1.82) is 0 Å². The van der Waals surface area contributed by atoms with Gasteiger partial charge in [-0.05, 0) is 55.5 Å². The predicted octanol–water partition coefficient (Wildman–Crippen LogP) is 4.56. The van der Waals surface area contributed by atoms with Gasteiger partial charge in [-0.25, -0.2) is 0 Å². The van der Waals surface area contributed by atoms with Crippen LogP contribution in [-0.4, -0.2) is 43.3 Å². The van der Waals surface area contributed by atoms with Crippen LogP contribution in [0.4, 0.5) is 0 Å². The molecule has 0 bridgehead atoms. The maximum absolute atomic E-state index is 6.82. The predicted molar refractivity (Wildman–Crippen MR) is 117 cm³/mol. The molecule has 2 atom stereocenters. The fourth-order valence-electron chi connectivity index (χ4n) is 4.93. The molecule has 2 saturated heterocycles. The first-order chi connectivity index (χ1) is 14.2. The second-order valence-electron chi connectivity index (χ2n) is 8.52. The van der Waals surface area contributed by atoms with Gasteiger partial charge in [0.15, 0.2) is 0 Å². The third-order valence-corrected chi connectivity index (χ3v) is 6.51. The van der Waals surface area contributed by atoms with E-state index in [1.807, 2.05) is 0 Å². The van der Waals surface area contributed by atoms with E-state index in [0.717, 1.165) is 57.6 Å². The normalized spacial score (nSPS) is 24.5. The molecule has 1 N–H and O–H groups in total. The van der Waals surface area contributed by atoms with E-state index >= 15 is 0 Å². The molecular formula is C25H34N2O2. The molecule has 2 aliphatic rings. The highest BCUT2D eigenvalue weighted by atomic mass is 16.5. The quantitative estimate of drug-likeness (QED) is 0.779. The van der Waals surface area contributed by atoms with E-state index in [-0.39, 0.29) is 11.7 Å². The molecule has 156 valence electrons. The van der Waals surface area contributed by atoms with E-state index in [4.69, 9.17) is 9.47 Å². The van der Waals surface area contributed by atoms with Gasteiger partial charge in [0.2, 0.25) is 0 Å². The molecule has 4 rings (SSSR count). The second kappa shape index (κ2) is 9.29. The fourth-order valence-corrected chi connectivity index (χ4v) is 4.93. The zero-order valence-corrected chi connectivity index (χ0v) is 17.8. The average Bonchev–Trinajstić information content (AvgIpc) is 2.77. The van der Waals surface area contributed by atoms with Gasteiger partial charge >= 0.3 is 0 Å². The molecule has 0 aliphatic carbocycles. The molecule has 0 radical (unpaired) electrons. The number of nitrogens with zero attached hydrogens (tertiary/aromatic N) is 1. The summed E-state index contributed by atoms with van der Waals surface area (Å²) < 4.78 is 12.1. The number of rotatable bonds is 6. The lowest BCUT2D eigenvalue weighted by Gasteiger charge is -2.49. The molecule has 4 heteroatoms. The molecule has 29 heavy (non-hydrogen) atoms. The zero-order valence-electron chi connectivity index (χ0n) is 17.8. The van der Waals surface area contributed by atoms with Gasteiger partial charge in [-0.15, -0.1) is 0 Å². The standard InChI is InChI=1S/C25H34N2O2/c1-3-26-22-17-24(21-7-5-4-6-8-21)29-25(18-22)13-15-27(16-14-25)19-20-9-11-23(28-2)12-10-20/h4-12,22,24,26H,3,13-19H2,1-2H3/t22-,24-/m0/s1. The van der Waals surface area contributed by atoms with E-state index in [9.17, 15) is 0 Å². The molecule has 0 amide bonds. The van der Waals surface area contributed by atoms with E-state index < -0.39 is 0 Å². The summed E-state index contributed by atoms with van der Waals surface area (Å²) in [5.74, 6) is 0.920. The summed E-state index contributed by atoms with van der Waals surface area (Å²) in [6, 6.07) is 19.7. The molecule has 2 aromatic carbocycles. The van der Waals surface area contributed by atoms with Crippen LogP contribution in [0.25, 0.3) is 0 Å². The number of methoxy groups -OCH3 is 1. The molecule has 2 aromatic rings. The lowest BCUT2D eigenvalue weighted by atomic mass is 9.79. The highest BCUT2D eigenvalue weighted by molar-refractivity contribution is 5.27. The first-order valence-corrected chi connectivity index (χ1v) is 11.0. The smallest absolute Gasteiger partial charge is 0.118 e. The van der Waals surface area contributed by atoms with Gasteiger partial charge < -0.3 is 14.8 Å². The van der Waals surface area contributed by atoms with Crippen LogP contribution >= 0.6 is 0 Å². The number of nitrogens with one attached hydrogen (secondary N) is 1. The largest absolute Gasteiger partial charge is 0.497 e. The minimum absolute atomic E-state index is 0.00199. The molecule has 2 aliphatic heterocycles.